The van der Waals surface area contributed by atoms with Gasteiger partial charge in [0.25, 0.3) is 5.91 Å². The predicted molar refractivity (Wildman–Crippen MR) is 97.9 cm³/mol. The average Bonchev–Trinajstić information content (AvgIpc) is 3.39. The maximum Gasteiger partial charge on any atom is 0.254 e. The van der Waals surface area contributed by atoms with Crippen LogP contribution in [0.4, 0.5) is 5.82 Å². The number of anilines is 1. The zero-order valence-electron chi connectivity index (χ0n) is 14.9. The van der Waals surface area contributed by atoms with Crippen LogP contribution in [-0.2, 0) is 0 Å². The fraction of sp³-hybridized carbons (Fsp3) is 0.389. The molecule has 1 saturated carbocycles. The number of rotatable bonds is 4. The number of carbonyl (C=O) groups is 1. The summed E-state index contributed by atoms with van der Waals surface area (Å²) in [6.07, 6.45) is 3.79. The molecule has 3 aromatic heterocycles. The van der Waals surface area contributed by atoms with Crippen molar-refractivity contribution in [2.75, 3.05) is 25.0 Å². The highest BCUT2D eigenvalue weighted by molar-refractivity contribution is 5.94. The molecule has 1 aliphatic heterocycles. The van der Waals surface area contributed by atoms with Crippen molar-refractivity contribution in [2.45, 2.75) is 24.8 Å². The van der Waals surface area contributed by atoms with Crippen LogP contribution in [-0.4, -0.2) is 61.8 Å². The molecule has 4 heterocycles. The van der Waals surface area contributed by atoms with Crippen molar-refractivity contribution in [3.8, 4) is 0 Å². The second-order valence-electron chi connectivity index (χ2n) is 7.21. The standard InChI is InChI=1S/C18H19N7O2/c1-23(18(27)12-6-7-19-16(26)8-12)13-9-24(10-13)15-5-4-14-20-21-17(11-2-3-11)25(14)22-15/h4-8,11,13H,2-3,9-10H2,1H3,(H,19,26). The van der Waals surface area contributed by atoms with Crippen LogP contribution in [0.15, 0.2) is 35.3 Å². The quantitative estimate of drug-likeness (QED) is 0.729. The molecule has 0 spiro atoms. The predicted octanol–water partition coefficient (Wildman–Crippen LogP) is 0.651. The second kappa shape index (κ2) is 5.90. The van der Waals surface area contributed by atoms with E-state index in [-0.39, 0.29) is 17.5 Å². The lowest BCUT2D eigenvalue weighted by atomic mass is 10.1. The van der Waals surface area contributed by atoms with E-state index in [1.54, 1.807) is 18.0 Å². The number of carbonyl (C=O) groups excluding carboxylic acids is 1. The summed E-state index contributed by atoms with van der Waals surface area (Å²) >= 11 is 0. The van der Waals surface area contributed by atoms with E-state index >= 15 is 0 Å². The Morgan fingerprint density at radius 2 is 2.04 bits per heavy atom. The molecule has 1 amide bonds. The minimum atomic E-state index is -0.276. The summed E-state index contributed by atoms with van der Waals surface area (Å²) in [6, 6.07) is 6.90. The minimum absolute atomic E-state index is 0.0816. The van der Waals surface area contributed by atoms with E-state index in [4.69, 9.17) is 5.10 Å². The van der Waals surface area contributed by atoms with Gasteiger partial charge < -0.3 is 14.8 Å². The third kappa shape index (κ3) is 2.75. The lowest BCUT2D eigenvalue weighted by Crippen LogP contribution is -2.60. The van der Waals surface area contributed by atoms with Crippen LogP contribution in [0.5, 0.6) is 0 Å². The number of amides is 1. The molecule has 9 heteroatoms. The third-order valence-corrected chi connectivity index (χ3v) is 5.29. The molecule has 2 aliphatic rings. The molecule has 0 radical (unpaired) electrons. The van der Waals surface area contributed by atoms with Gasteiger partial charge in [0.2, 0.25) is 5.56 Å². The zero-order chi connectivity index (χ0) is 18.5. The number of fused-ring (bicyclic) bond motifs is 1. The summed E-state index contributed by atoms with van der Waals surface area (Å²) in [4.78, 5) is 30.3. The number of aromatic nitrogens is 5. The number of aromatic amines is 1. The van der Waals surface area contributed by atoms with Gasteiger partial charge in [-0.2, -0.15) is 4.52 Å². The van der Waals surface area contributed by atoms with Gasteiger partial charge in [-0.15, -0.1) is 15.3 Å². The molecule has 2 fully saturated rings. The lowest BCUT2D eigenvalue weighted by Gasteiger charge is -2.44. The Hall–Kier alpha value is -3.23. The molecule has 1 saturated heterocycles. The highest BCUT2D eigenvalue weighted by atomic mass is 16.2. The molecular weight excluding hydrogens is 346 g/mol. The topological polar surface area (TPSA) is 99.5 Å². The summed E-state index contributed by atoms with van der Waals surface area (Å²) in [6.45, 7) is 1.40. The first kappa shape index (κ1) is 16.0. The van der Waals surface area contributed by atoms with Gasteiger partial charge in [-0.1, -0.05) is 0 Å². The fourth-order valence-electron chi connectivity index (χ4n) is 3.39. The third-order valence-electron chi connectivity index (χ3n) is 5.29. The number of hydrogen-bond donors (Lipinski definition) is 1. The molecule has 9 nitrogen and oxygen atoms in total. The number of hydrogen-bond acceptors (Lipinski definition) is 6. The van der Waals surface area contributed by atoms with Crippen molar-refractivity contribution in [3.05, 3.63) is 52.2 Å². The minimum Gasteiger partial charge on any atom is -0.351 e. The molecule has 138 valence electrons. The van der Waals surface area contributed by atoms with Gasteiger partial charge in [-0.3, -0.25) is 9.59 Å². The van der Waals surface area contributed by atoms with E-state index in [1.807, 2.05) is 16.6 Å². The first-order valence-corrected chi connectivity index (χ1v) is 9.03. The van der Waals surface area contributed by atoms with Crippen molar-refractivity contribution in [1.29, 1.82) is 0 Å². The molecule has 3 aromatic rings. The van der Waals surface area contributed by atoms with Crippen LogP contribution in [0.2, 0.25) is 0 Å². The molecule has 1 aliphatic carbocycles. The van der Waals surface area contributed by atoms with Crippen LogP contribution in [0, 0.1) is 0 Å². The Morgan fingerprint density at radius 1 is 1.22 bits per heavy atom. The van der Waals surface area contributed by atoms with Crippen LogP contribution in [0.1, 0.15) is 34.9 Å². The van der Waals surface area contributed by atoms with Gasteiger partial charge in [0, 0.05) is 43.9 Å². The zero-order valence-corrected chi connectivity index (χ0v) is 14.9. The Bertz CT molecular complexity index is 1080. The smallest absolute Gasteiger partial charge is 0.254 e. The van der Waals surface area contributed by atoms with Crippen LogP contribution >= 0.6 is 0 Å². The Balaban J connectivity index is 1.30. The van der Waals surface area contributed by atoms with Crippen LogP contribution in [0.3, 0.4) is 0 Å². The molecule has 0 unspecified atom stereocenters. The van der Waals surface area contributed by atoms with Gasteiger partial charge >= 0.3 is 0 Å². The molecular formula is C18H19N7O2. The Morgan fingerprint density at radius 3 is 2.78 bits per heavy atom. The van der Waals surface area contributed by atoms with E-state index in [0.717, 1.165) is 30.1 Å². The highest BCUT2D eigenvalue weighted by Crippen LogP contribution is 2.38. The van der Waals surface area contributed by atoms with E-state index in [9.17, 15) is 9.59 Å². The molecule has 0 atom stereocenters. The second-order valence-corrected chi connectivity index (χ2v) is 7.21. The van der Waals surface area contributed by atoms with Crippen molar-refractivity contribution in [1.82, 2.24) is 29.7 Å². The molecule has 27 heavy (non-hydrogen) atoms. The fourth-order valence-corrected chi connectivity index (χ4v) is 3.39. The van der Waals surface area contributed by atoms with Crippen molar-refractivity contribution in [2.24, 2.45) is 0 Å². The van der Waals surface area contributed by atoms with E-state index in [0.29, 0.717) is 24.6 Å². The summed E-state index contributed by atoms with van der Waals surface area (Å²) in [5.74, 6) is 2.12. The lowest BCUT2D eigenvalue weighted by molar-refractivity contribution is 0.0704. The van der Waals surface area contributed by atoms with Crippen molar-refractivity contribution >= 4 is 17.4 Å². The molecule has 5 rings (SSSR count). The number of pyridine rings is 1. The van der Waals surface area contributed by atoms with E-state index in [2.05, 4.69) is 20.1 Å². The summed E-state index contributed by atoms with van der Waals surface area (Å²) in [7, 11) is 1.77. The maximum absolute atomic E-state index is 12.6. The molecule has 0 aromatic carbocycles. The van der Waals surface area contributed by atoms with E-state index in [1.165, 1.54) is 12.3 Å². The SMILES string of the molecule is CN(C(=O)c1cc[nH]c(=O)c1)C1CN(c2ccc3nnc(C4CC4)n3n2)C1. The number of H-pyrrole nitrogens is 1. The van der Waals surface area contributed by atoms with Gasteiger partial charge in [0.15, 0.2) is 11.5 Å². The van der Waals surface area contributed by atoms with Crippen LogP contribution in [0.25, 0.3) is 5.65 Å². The van der Waals surface area contributed by atoms with E-state index < -0.39 is 0 Å². The van der Waals surface area contributed by atoms with Crippen molar-refractivity contribution < 1.29 is 4.79 Å². The molecule has 1 N–H and O–H groups in total. The largest absolute Gasteiger partial charge is 0.351 e. The molecule has 0 bridgehead atoms. The summed E-state index contributed by atoms with van der Waals surface area (Å²) in [5.41, 5.74) is 0.888. The van der Waals surface area contributed by atoms with Gasteiger partial charge in [0.05, 0.1) is 6.04 Å². The van der Waals surface area contributed by atoms with Crippen LogP contribution < -0.4 is 10.5 Å². The van der Waals surface area contributed by atoms with Crippen molar-refractivity contribution in [3.63, 3.8) is 0 Å². The normalized spacial score (nSPS) is 17.1. The first-order chi connectivity index (χ1) is 13.1. The maximum atomic E-state index is 12.6. The van der Waals surface area contributed by atoms with Gasteiger partial charge in [-0.05, 0) is 31.0 Å². The Kier molecular flexibility index (Phi) is 3.49. The summed E-state index contributed by atoms with van der Waals surface area (Å²) < 4.78 is 1.84. The number of nitrogens with zero attached hydrogens (tertiary/aromatic N) is 6. The number of nitrogens with one attached hydrogen (secondary N) is 1. The average molecular weight is 365 g/mol. The highest BCUT2D eigenvalue weighted by Gasteiger charge is 2.34. The van der Waals surface area contributed by atoms with Gasteiger partial charge in [0.1, 0.15) is 5.82 Å². The Labute approximate surface area is 154 Å². The monoisotopic (exact) mass is 365 g/mol. The first-order valence-electron chi connectivity index (χ1n) is 9.03. The number of likely N-dealkylation sites (N-methyl/N-ethyl adjacent to an activating group) is 1. The van der Waals surface area contributed by atoms with Gasteiger partial charge in [-0.25, -0.2) is 0 Å². The summed E-state index contributed by atoms with van der Waals surface area (Å²) in [5, 5.41) is 13.1.